The van der Waals surface area contributed by atoms with Gasteiger partial charge in [-0.05, 0) is 24.0 Å². The van der Waals surface area contributed by atoms with Crippen LogP contribution in [0.3, 0.4) is 0 Å². The van der Waals surface area contributed by atoms with E-state index in [2.05, 4.69) is 61.6 Å². The van der Waals surface area contributed by atoms with Crippen LogP contribution >= 0.6 is 0 Å². The molecule has 0 aliphatic heterocycles. The minimum absolute atomic E-state index is 0.457. The monoisotopic (exact) mass is 271 g/mol. The molecule has 3 nitrogen and oxygen atoms in total. The Bertz CT molecular complexity index is 555. The van der Waals surface area contributed by atoms with E-state index in [9.17, 15) is 0 Å². The summed E-state index contributed by atoms with van der Waals surface area (Å²) in [5.74, 6) is 0.457. The summed E-state index contributed by atoms with van der Waals surface area (Å²) in [7, 11) is 1.99. The van der Waals surface area contributed by atoms with E-state index in [-0.39, 0.29) is 0 Å². The normalized spacial score (nSPS) is 11.1. The predicted molar refractivity (Wildman–Crippen MR) is 85.1 cm³/mol. The molecule has 20 heavy (non-hydrogen) atoms. The van der Waals surface area contributed by atoms with Gasteiger partial charge >= 0.3 is 0 Å². The van der Waals surface area contributed by atoms with E-state index >= 15 is 0 Å². The topological polar surface area (TPSA) is 29.9 Å². The van der Waals surface area contributed by atoms with Gasteiger partial charge in [0, 0.05) is 31.0 Å². The quantitative estimate of drug-likeness (QED) is 0.857. The van der Waals surface area contributed by atoms with Gasteiger partial charge in [-0.15, -0.1) is 0 Å². The van der Waals surface area contributed by atoms with E-state index in [0.29, 0.717) is 5.92 Å². The molecule has 0 saturated carbocycles. The number of nitrogens with one attached hydrogen (secondary N) is 1. The molecule has 1 aromatic heterocycles. The second-order valence-corrected chi connectivity index (χ2v) is 5.63. The number of nitrogens with zero attached hydrogens (tertiary/aromatic N) is 2. The van der Waals surface area contributed by atoms with E-state index in [4.69, 9.17) is 0 Å². The average Bonchev–Trinajstić information content (AvgIpc) is 2.79. The van der Waals surface area contributed by atoms with Crippen LogP contribution in [-0.4, -0.2) is 9.78 Å². The molecule has 0 aliphatic carbocycles. The Kier molecular flexibility index (Phi) is 4.83. The van der Waals surface area contributed by atoms with Gasteiger partial charge in [0.25, 0.3) is 0 Å². The molecular weight excluding hydrogens is 246 g/mol. The summed E-state index contributed by atoms with van der Waals surface area (Å²) >= 11 is 0. The Morgan fingerprint density at radius 1 is 1.20 bits per heavy atom. The minimum Gasteiger partial charge on any atom is -0.381 e. The summed E-state index contributed by atoms with van der Waals surface area (Å²) in [4.78, 5) is 0. The van der Waals surface area contributed by atoms with Crippen LogP contribution in [0.15, 0.2) is 30.5 Å². The van der Waals surface area contributed by atoms with E-state index in [1.165, 1.54) is 28.9 Å². The average molecular weight is 271 g/mol. The number of benzene rings is 1. The van der Waals surface area contributed by atoms with Gasteiger partial charge in [0.2, 0.25) is 0 Å². The zero-order valence-electron chi connectivity index (χ0n) is 13.0. The predicted octanol–water partition coefficient (Wildman–Crippen LogP) is 4.11. The summed E-state index contributed by atoms with van der Waals surface area (Å²) in [5, 5.41) is 8.13. The van der Waals surface area contributed by atoms with E-state index in [1.807, 2.05) is 11.7 Å². The maximum absolute atomic E-state index is 4.56. The third-order valence-corrected chi connectivity index (χ3v) is 3.49. The van der Waals surface area contributed by atoms with Crippen molar-refractivity contribution >= 4 is 5.69 Å². The molecule has 1 aromatic carbocycles. The Morgan fingerprint density at radius 3 is 2.65 bits per heavy atom. The van der Waals surface area contributed by atoms with Crippen LogP contribution in [0.1, 0.15) is 49.9 Å². The lowest BCUT2D eigenvalue weighted by molar-refractivity contribution is 0.712. The van der Waals surface area contributed by atoms with Crippen LogP contribution in [0.4, 0.5) is 5.69 Å². The van der Waals surface area contributed by atoms with Crippen LogP contribution in [0, 0.1) is 0 Å². The molecule has 1 heterocycles. The van der Waals surface area contributed by atoms with Crippen LogP contribution in [0.5, 0.6) is 0 Å². The van der Waals surface area contributed by atoms with Gasteiger partial charge < -0.3 is 5.32 Å². The number of rotatable bonds is 6. The molecule has 0 amide bonds. The molecule has 0 unspecified atom stereocenters. The molecule has 1 N–H and O–H groups in total. The first-order chi connectivity index (χ1) is 9.61. The maximum Gasteiger partial charge on any atom is 0.0699 e. The zero-order valence-corrected chi connectivity index (χ0v) is 13.0. The molecule has 3 heteroatoms. The first-order valence-corrected chi connectivity index (χ1v) is 7.46. The molecule has 0 radical (unpaired) electrons. The van der Waals surface area contributed by atoms with Crippen molar-refractivity contribution in [2.75, 3.05) is 5.32 Å². The first-order valence-electron chi connectivity index (χ1n) is 7.46. The van der Waals surface area contributed by atoms with Crippen molar-refractivity contribution in [3.63, 3.8) is 0 Å². The molecule has 0 spiro atoms. The smallest absolute Gasteiger partial charge is 0.0699 e. The molecule has 108 valence electrons. The molecule has 0 aliphatic rings. The Labute approximate surface area is 122 Å². The molecule has 0 bridgehead atoms. The molecule has 2 rings (SSSR count). The fourth-order valence-electron chi connectivity index (χ4n) is 2.55. The third-order valence-electron chi connectivity index (χ3n) is 3.49. The van der Waals surface area contributed by atoms with E-state index in [1.54, 1.807) is 0 Å². The fourth-order valence-corrected chi connectivity index (χ4v) is 2.55. The van der Waals surface area contributed by atoms with Crippen molar-refractivity contribution in [2.24, 2.45) is 7.05 Å². The van der Waals surface area contributed by atoms with Gasteiger partial charge in [-0.1, -0.05) is 45.4 Å². The number of aromatic nitrogens is 2. The van der Waals surface area contributed by atoms with Crippen molar-refractivity contribution < 1.29 is 0 Å². The standard InChI is InChI=1S/C17H25N3/c1-5-8-14-9-6-7-10-16(14)18-11-15-12-20(4)19-17(15)13(2)3/h6-7,9-10,12-13,18H,5,8,11H2,1-4H3. The van der Waals surface area contributed by atoms with Gasteiger partial charge in [0.15, 0.2) is 0 Å². The molecular formula is C17H25N3. The molecule has 2 aromatic rings. The second kappa shape index (κ2) is 6.60. The molecule has 0 atom stereocenters. The Hall–Kier alpha value is -1.77. The summed E-state index contributed by atoms with van der Waals surface area (Å²) in [6.07, 6.45) is 4.40. The highest BCUT2D eigenvalue weighted by atomic mass is 15.3. The first kappa shape index (κ1) is 14.6. The van der Waals surface area contributed by atoms with E-state index < -0.39 is 0 Å². The van der Waals surface area contributed by atoms with Gasteiger partial charge in [-0.2, -0.15) is 5.10 Å². The zero-order chi connectivity index (χ0) is 14.5. The van der Waals surface area contributed by atoms with Crippen molar-refractivity contribution in [2.45, 2.75) is 46.1 Å². The van der Waals surface area contributed by atoms with Crippen LogP contribution in [0.2, 0.25) is 0 Å². The number of anilines is 1. The Balaban J connectivity index is 2.13. The van der Waals surface area contributed by atoms with E-state index in [0.717, 1.165) is 13.0 Å². The highest BCUT2D eigenvalue weighted by Crippen LogP contribution is 2.21. The third kappa shape index (κ3) is 3.41. The highest BCUT2D eigenvalue weighted by molar-refractivity contribution is 5.51. The van der Waals surface area contributed by atoms with Gasteiger partial charge in [-0.25, -0.2) is 0 Å². The van der Waals surface area contributed by atoms with Crippen molar-refractivity contribution in [3.05, 3.63) is 47.3 Å². The molecule has 0 saturated heterocycles. The largest absolute Gasteiger partial charge is 0.381 e. The van der Waals surface area contributed by atoms with Gasteiger partial charge in [0.05, 0.1) is 5.69 Å². The number of aryl methyl sites for hydroxylation is 2. The van der Waals surface area contributed by atoms with Crippen molar-refractivity contribution in [1.82, 2.24) is 9.78 Å². The fraction of sp³-hybridized carbons (Fsp3) is 0.471. The summed E-state index contributed by atoms with van der Waals surface area (Å²) < 4.78 is 1.91. The number of hydrogen-bond donors (Lipinski definition) is 1. The Morgan fingerprint density at radius 2 is 1.95 bits per heavy atom. The number of para-hydroxylation sites is 1. The minimum atomic E-state index is 0.457. The van der Waals surface area contributed by atoms with Crippen LogP contribution < -0.4 is 5.32 Å². The van der Waals surface area contributed by atoms with Crippen molar-refractivity contribution in [1.29, 1.82) is 0 Å². The summed E-state index contributed by atoms with van der Waals surface area (Å²) in [6.45, 7) is 7.44. The van der Waals surface area contributed by atoms with Gasteiger partial charge in [-0.3, -0.25) is 4.68 Å². The van der Waals surface area contributed by atoms with Gasteiger partial charge in [0.1, 0.15) is 0 Å². The lowest BCUT2D eigenvalue weighted by Gasteiger charge is -2.12. The number of hydrogen-bond acceptors (Lipinski definition) is 2. The van der Waals surface area contributed by atoms with Crippen LogP contribution in [-0.2, 0) is 20.0 Å². The lowest BCUT2D eigenvalue weighted by Crippen LogP contribution is -2.04. The summed E-state index contributed by atoms with van der Waals surface area (Å²) in [6, 6.07) is 8.57. The van der Waals surface area contributed by atoms with Crippen molar-refractivity contribution in [3.8, 4) is 0 Å². The molecule has 0 fully saturated rings. The lowest BCUT2D eigenvalue weighted by atomic mass is 10.1. The van der Waals surface area contributed by atoms with Crippen LogP contribution in [0.25, 0.3) is 0 Å². The SMILES string of the molecule is CCCc1ccccc1NCc1cn(C)nc1C(C)C. The second-order valence-electron chi connectivity index (χ2n) is 5.63. The highest BCUT2D eigenvalue weighted by Gasteiger charge is 2.11. The summed E-state index contributed by atoms with van der Waals surface area (Å²) in [5.41, 5.74) is 5.11. The maximum atomic E-state index is 4.56.